The summed E-state index contributed by atoms with van der Waals surface area (Å²) in [5.41, 5.74) is 1.80. The quantitative estimate of drug-likeness (QED) is 0.574. The highest BCUT2D eigenvalue weighted by Crippen LogP contribution is 2.29. The molecule has 20 heavy (non-hydrogen) atoms. The lowest BCUT2D eigenvalue weighted by atomic mass is 10.1. The van der Waals surface area contributed by atoms with Crippen molar-refractivity contribution in [2.45, 2.75) is 24.5 Å². The van der Waals surface area contributed by atoms with Crippen molar-refractivity contribution in [3.63, 3.8) is 0 Å². The number of carbonyl (C=O) groups excluding carboxylic acids is 1. The molecule has 3 heteroatoms. The number of thioether (sulfide) groups is 1. The number of hydrogen-bond acceptors (Lipinski definition) is 3. The number of hydrogen-bond donors (Lipinski definition) is 0. The second kappa shape index (κ2) is 7.15. The Kier molecular flexibility index (Phi) is 5.24. The number of ketones is 1. The van der Waals surface area contributed by atoms with Gasteiger partial charge in [-0.05, 0) is 44.2 Å². The summed E-state index contributed by atoms with van der Waals surface area (Å²) in [4.78, 5) is 12.7. The van der Waals surface area contributed by atoms with Crippen LogP contribution in [0.1, 0.15) is 29.8 Å². The molecular weight excluding hydrogens is 268 g/mol. The number of carbonyl (C=O) groups is 1. The molecule has 0 bridgehead atoms. The van der Waals surface area contributed by atoms with Crippen LogP contribution in [0.3, 0.4) is 0 Å². The van der Waals surface area contributed by atoms with Crippen LogP contribution < -0.4 is 4.74 Å². The van der Waals surface area contributed by atoms with Gasteiger partial charge < -0.3 is 4.74 Å². The summed E-state index contributed by atoms with van der Waals surface area (Å²) in [6.07, 6.45) is 0. The minimum absolute atomic E-state index is 0.0824. The number of Topliss-reactive ketones (excluding diaryl/α,β-unsaturated/α-hetero) is 1. The Hall–Kier alpha value is -1.74. The largest absolute Gasteiger partial charge is 0.494 e. The molecule has 2 aromatic carbocycles. The van der Waals surface area contributed by atoms with Crippen molar-refractivity contribution in [3.8, 4) is 5.75 Å². The monoisotopic (exact) mass is 286 g/mol. The maximum absolute atomic E-state index is 11.5. The average molecular weight is 286 g/mol. The van der Waals surface area contributed by atoms with Crippen molar-refractivity contribution in [2.24, 2.45) is 0 Å². The van der Waals surface area contributed by atoms with Gasteiger partial charge in [-0.3, -0.25) is 4.79 Å². The van der Waals surface area contributed by atoms with Gasteiger partial charge in [-0.1, -0.05) is 18.2 Å². The first-order valence-electron chi connectivity index (χ1n) is 6.65. The molecule has 0 N–H and O–H groups in total. The maximum Gasteiger partial charge on any atom is 0.159 e. The lowest BCUT2D eigenvalue weighted by Gasteiger charge is -2.11. The summed E-state index contributed by atoms with van der Waals surface area (Å²) in [6.45, 7) is 4.18. The molecule has 0 heterocycles. The Balaban J connectivity index is 2.19. The van der Waals surface area contributed by atoms with Crippen LogP contribution >= 0.6 is 11.8 Å². The van der Waals surface area contributed by atoms with E-state index in [1.165, 1.54) is 4.90 Å². The molecule has 0 saturated carbocycles. The Labute approximate surface area is 124 Å². The molecular formula is C17H18O2S. The normalized spacial score (nSPS) is 10.3. The van der Waals surface area contributed by atoms with Crippen molar-refractivity contribution in [3.05, 3.63) is 59.7 Å². The molecule has 0 radical (unpaired) electrons. The van der Waals surface area contributed by atoms with E-state index in [4.69, 9.17) is 4.74 Å². The van der Waals surface area contributed by atoms with E-state index in [0.29, 0.717) is 6.61 Å². The van der Waals surface area contributed by atoms with Crippen molar-refractivity contribution < 1.29 is 9.53 Å². The van der Waals surface area contributed by atoms with Crippen LogP contribution in [0.25, 0.3) is 0 Å². The van der Waals surface area contributed by atoms with Crippen molar-refractivity contribution in [1.82, 2.24) is 0 Å². The van der Waals surface area contributed by atoms with Gasteiger partial charge in [-0.15, -0.1) is 11.8 Å². The zero-order valence-electron chi connectivity index (χ0n) is 11.8. The fourth-order valence-electron chi connectivity index (χ4n) is 1.89. The Morgan fingerprint density at radius 2 is 1.90 bits per heavy atom. The summed E-state index contributed by atoms with van der Waals surface area (Å²) in [5, 5.41) is 0. The molecule has 0 amide bonds. The molecule has 2 rings (SSSR count). The predicted molar refractivity (Wildman–Crippen MR) is 83.6 cm³/mol. The molecule has 0 unspecified atom stereocenters. The fourth-order valence-corrected chi connectivity index (χ4v) is 2.78. The first-order valence-corrected chi connectivity index (χ1v) is 7.63. The van der Waals surface area contributed by atoms with Gasteiger partial charge in [-0.25, -0.2) is 0 Å². The van der Waals surface area contributed by atoms with Gasteiger partial charge in [0, 0.05) is 21.8 Å². The molecule has 2 aromatic rings. The van der Waals surface area contributed by atoms with Crippen LogP contribution in [-0.4, -0.2) is 12.4 Å². The first-order chi connectivity index (χ1) is 9.70. The van der Waals surface area contributed by atoms with Crippen LogP contribution in [-0.2, 0) is 5.75 Å². The minimum atomic E-state index is 0.0824. The number of benzene rings is 2. The highest BCUT2D eigenvalue weighted by atomic mass is 32.2. The molecule has 0 aliphatic carbocycles. The van der Waals surface area contributed by atoms with Crippen LogP contribution in [0, 0.1) is 0 Å². The van der Waals surface area contributed by atoms with E-state index >= 15 is 0 Å². The standard InChI is InChI=1S/C17H18O2S/c1-3-19-17-10-9-14(13(2)18)11-15(17)12-20-16-7-5-4-6-8-16/h4-11H,3,12H2,1-2H3. The van der Waals surface area contributed by atoms with Gasteiger partial charge in [0.25, 0.3) is 0 Å². The number of rotatable bonds is 6. The summed E-state index contributed by atoms with van der Waals surface area (Å²) in [6, 6.07) is 15.9. The molecule has 0 aromatic heterocycles. The third-order valence-corrected chi connectivity index (χ3v) is 3.97. The molecule has 0 spiro atoms. The van der Waals surface area contributed by atoms with E-state index in [9.17, 15) is 4.79 Å². The van der Waals surface area contributed by atoms with Crippen molar-refractivity contribution in [2.75, 3.05) is 6.61 Å². The van der Waals surface area contributed by atoms with Gasteiger partial charge in [0.05, 0.1) is 6.61 Å². The second-order valence-corrected chi connectivity index (χ2v) is 5.46. The molecule has 0 atom stereocenters. The average Bonchev–Trinajstić information content (AvgIpc) is 2.47. The minimum Gasteiger partial charge on any atom is -0.494 e. The van der Waals surface area contributed by atoms with Gasteiger partial charge in [0.1, 0.15) is 5.75 Å². The highest BCUT2D eigenvalue weighted by molar-refractivity contribution is 7.98. The Morgan fingerprint density at radius 3 is 2.55 bits per heavy atom. The van der Waals surface area contributed by atoms with Crippen LogP contribution in [0.5, 0.6) is 5.75 Å². The fraction of sp³-hybridized carbons (Fsp3) is 0.235. The number of ether oxygens (including phenoxy) is 1. The maximum atomic E-state index is 11.5. The SMILES string of the molecule is CCOc1ccc(C(C)=O)cc1CSc1ccccc1. The molecule has 104 valence electrons. The van der Waals surface area contributed by atoms with E-state index < -0.39 is 0 Å². The van der Waals surface area contributed by atoms with Gasteiger partial charge in [-0.2, -0.15) is 0 Å². The van der Waals surface area contributed by atoms with Crippen LogP contribution in [0.15, 0.2) is 53.4 Å². The molecule has 0 fully saturated rings. The van der Waals surface area contributed by atoms with E-state index in [1.54, 1.807) is 18.7 Å². The second-order valence-electron chi connectivity index (χ2n) is 4.41. The lowest BCUT2D eigenvalue weighted by Crippen LogP contribution is -1.99. The molecule has 0 aliphatic heterocycles. The summed E-state index contributed by atoms with van der Waals surface area (Å²) < 4.78 is 5.64. The third kappa shape index (κ3) is 3.87. The van der Waals surface area contributed by atoms with E-state index in [0.717, 1.165) is 22.6 Å². The Morgan fingerprint density at radius 1 is 1.15 bits per heavy atom. The van der Waals surface area contributed by atoms with Crippen molar-refractivity contribution in [1.29, 1.82) is 0 Å². The van der Waals surface area contributed by atoms with E-state index in [2.05, 4.69) is 12.1 Å². The predicted octanol–water partition coefficient (Wildman–Crippen LogP) is 4.58. The summed E-state index contributed by atoms with van der Waals surface area (Å²) >= 11 is 1.74. The zero-order valence-corrected chi connectivity index (χ0v) is 12.6. The molecule has 0 aliphatic rings. The summed E-state index contributed by atoms with van der Waals surface area (Å²) in [7, 11) is 0. The van der Waals surface area contributed by atoms with Gasteiger partial charge >= 0.3 is 0 Å². The van der Waals surface area contributed by atoms with Crippen LogP contribution in [0.4, 0.5) is 0 Å². The topological polar surface area (TPSA) is 26.3 Å². The van der Waals surface area contributed by atoms with Gasteiger partial charge in [0.2, 0.25) is 0 Å². The van der Waals surface area contributed by atoms with Crippen molar-refractivity contribution >= 4 is 17.5 Å². The molecule has 2 nitrogen and oxygen atoms in total. The van der Waals surface area contributed by atoms with Gasteiger partial charge in [0.15, 0.2) is 5.78 Å². The molecule has 0 saturated heterocycles. The third-order valence-electron chi connectivity index (χ3n) is 2.90. The van der Waals surface area contributed by atoms with E-state index in [1.807, 2.05) is 43.3 Å². The van der Waals surface area contributed by atoms with E-state index in [-0.39, 0.29) is 5.78 Å². The first kappa shape index (κ1) is 14.7. The zero-order chi connectivity index (χ0) is 14.4. The Bertz CT molecular complexity index is 579. The smallest absolute Gasteiger partial charge is 0.159 e. The highest BCUT2D eigenvalue weighted by Gasteiger charge is 2.08. The lowest BCUT2D eigenvalue weighted by molar-refractivity contribution is 0.101. The van der Waals surface area contributed by atoms with Crippen LogP contribution in [0.2, 0.25) is 0 Å². The summed E-state index contributed by atoms with van der Waals surface area (Å²) in [5.74, 6) is 1.74.